The summed E-state index contributed by atoms with van der Waals surface area (Å²) in [7, 11) is 0. The number of aromatic nitrogens is 3. The fraction of sp³-hybridized carbons (Fsp3) is 0.364. The van der Waals surface area contributed by atoms with E-state index in [9.17, 15) is 14.7 Å². The molecule has 0 aliphatic carbocycles. The van der Waals surface area contributed by atoms with Crippen LogP contribution in [0, 0.1) is 0 Å². The van der Waals surface area contributed by atoms with Gasteiger partial charge in [0.1, 0.15) is 11.5 Å². The Morgan fingerprint density at radius 3 is 2.76 bits per heavy atom. The minimum atomic E-state index is -1.07. The van der Waals surface area contributed by atoms with Gasteiger partial charge in [0.2, 0.25) is 0 Å². The van der Waals surface area contributed by atoms with E-state index in [4.69, 9.17) is 4.98 Å². The number of carbonyl (C=O) groups excluding carboxylic acids is 1. The number of hydrogen-bond donors (Lipinski definition) is 1. The molecule has 7 nitrogen and oxygen atoms in total. The highest BCUT2D eigenvalue weighted by Gasteiger charge is 2.30. The molecule has 1 amide bonds. The standard InChI is InChI=1S/C22H24N4O3/c1-14(2)26-19-8-4-3-7-17(19)24-20(26)16-6-5-11-25(13-16)21(27)18-12-15(22(28)29)9-10-23-18/h3-4,7-10,12,14,16H,5-6,11,13H2,1-2H3,(H,28,29). The van der Waals surface area contributed by atoms with Gasteiger partial charge in [0.05, 0.1) is 16.6 Å². The SMILES string of the molecule is CC(C)n1c(C2CCCN(C(=O)c3cc(C(=O)O)ccn3)C2)nc2ccccc21. The summed E-state index contributed by atoms with van der Waals surface area (Å²) in [5.74, 6) is -0.162. The van der Waals surface area contributed by atoms with Crippen molar-refractivity contribution in [3.05, 3.63) is 59.7 Å². The van der Waals surface area contributed by atoms with E-state index in [0.717, 1.165) is 29.7 Å². The number of para-hydroxylation sites is 2. The van der Waals surface area contributed by atoms with E-state index in [0.29, 0.717) is 13.1 Å². The highest BCUT2D eigenvalue weighted by atomic mass is 16.4. The summed E-state index contributed by atoms with van der Waals surface area (Å²) in [6.45, 7) is 5.47. The first-order valence-electron chi connectivity index (χ1n) is 9.91. The van der Waals surface area contributed by atoms with E-state index in [2.05, 4.69) is 29.5 Å². The molecule has 1 unspecified atom stereocenters. The van der Waals surface area contributed by atoms with Crippen LogP contribution < -0.4 is 0 Å². The lowest BCUT2D eigenvalue weighted by molar-refractivity contribution is 0.0695. The van der Waals surface area contributed by atoms with E-state index < -0.39 is 5.97 Å². The summed E-state index contributed by atoms with van der Waals surface area (Å²) in [4.78, 5) is 35.0. The number of aromatic carboxylic acids is 1. The second-order valence-electron chi connectivity index (χ2n) is 7.75. The van der Waals surface area contributed by atoms with Crippen molar-refractivity contribution in [2.75, 3.05) is 13.1 Å². The Hall–Kier alpha value is -3.22. The van der Waals surface area contributed by atoms with Crippen LogP contribution in [0.3, 0.4) is 0 Å². The van der Waals surface area contributed by atoms with Crippen molar-refractivity contribution < 1.29 is 14.7 Å². The van der Waals surface area contributed by atoms with Gasteiger partial charge in [0.25, 0.3) is 5.91 Å². The van der Waals surface area contributed by atoms with Gasteiger partial charge in [0, 0.05) is 31.2 Å². The number of hydrogen-bond acceptors (Lipinski definition) is 4. The van der Waals surface area contributed by atoms with Gasteiger partial charge in [-0.3, -0.25) is 9.78 Å². The van der Waals surface area contributed by atoms with Crippen LogP contribution in [0.4, 0.5) is 0 Å². The molecular weight excluding hydrogens is 368 g/mol. The number of carboxylic acids is 1. The Bertz CT molecular complexity index is 1070. The maximum atomic E-state index is 13.0. The van der Waals surface area contributed by atoms with E-state index in [1.165, 1.54) is 18.3 Å². The molecule has 1 aromatic carbocycles. The number of amides is 1. The average molecular weight is 392 g/mol. The molecule has 29 heavy (non-hydrogen) atoms. The zero-order chi connectivity index (χ0) is 20.5. The van der Waals surface area contributed by atoms with Crippen LogP contribution in [0.15, 0.2) is 42.6 Å². The van der Waals surface area contributed by atoms with Gasteiger partial charge in [-0.05, 0) is 51.0 Å². The van der Waals surface area contributed by atoms with E-state index in [-0.39, 0.29) is 29.1 Å². The zero-order valence-electron chi connectivity index (χ0n) is 16.6. The normalized spacial score (nSPS) is 17.1. The monoisotopic (exact) mass is 392 g/mol. The summed E-state index contributed by atoms with van der Waals surface area (Å²) in [5, 5.41) is 9.18. The molecule has 2 aromatic heterocycles. The third-order valence-corrected chi connectivity index (χ3v) is 5.44. The quantitative estimate of drug-likeness (QED) is 0.731. The summed E-state index contributed by atoms with van der Waals surface area (Å²) in [6.07, 6.45) is 3.20. The van der Waals surface area contributed by atoms with Crippen molar-refractivity contribution in [1.82, 2.24) is 19.4 Å². The van der Waals surface area contributed by atoms with E-state index in [1.807, 2.05) is 18.2 Å². The molecule has 1 saturated heterocycles. The molecule has 4 rings (SSSR count). The Morgan fingerprint density at radius 2 is 2.00 bits per heavy atom. The molecule has 0 bridgehead atoms. The number of pyridine rings is 1. The number of nitrogens with zero attached hydrogens (tertiary/aromatic N) is 4. The van der Waals surface area contributed by atoms with Crippen molar-refractivity contribution in [1.29, 1.82) is 0 Å². The van der Waals surface area contributed by atoms with Crippen LogP contribution in [0.25, 0.3) is 11.0 Å². The Balaban J connectivity index is 1.63. The number of rotatable bonds is 4. The van der Waals surface area contributed by atoms with Gasteiger partial charge >= 0.3 is 5.97 Å². The molecule has 0 spiro atoms. The van der Waals surface area contributed by atoms with Crippen molar-refractivity contribution in [2.24, 2.45) is 0 Å². The third kappa shape index (κ3) is 3.60. The molecule has 1 fully saturated rings. The van der Waals surface area contributed by atoms with Gasteiger partial charge in [-0.25, -0.2) is 9.78 Å². The van der Waals surface area contributed by atoms with Crippen LogP contribution in [0.5, 0.6) is 0 Å². The average Bonchev–Trinajstić information content (AvgIpc) is 3.13. The van der Waals surface area contributed by atoms with Gasteiger partial charge in [0.15, 0.2) is 0 Å². The lowest BCUT2D eigenvalue weighted by Crippen LogP contribution is -2.40. The van der Waals surface area contributed by atoms with E-state index >= 15 is 0 Å². The number of fused-ring (bicyclic) bond motifs is 1. The first kappa shape index (κ1) is 19.1. The zero-order valence-corrected chi connectivity index (χ0v) is 16.6. The fourth-order valence-electron chi connectivity index (χ4n) is 4.11. The number of piperidine rings is 1. The topological polar surface area (TPSA) is 88.3 Å². The number of imidazole rings is 1. The Morgan fingerprint density at radius 1 is 1.21 bits per heavy atom. The second-order valence-corrected chi connectivity index (χ2v) is 7.75. The van der Waals surface area contributed by atoms with Crippen LogP contribution in [0.2, 0.25) is 0 Å². The van der Waals surface area contributed by atoms with E-state index in [1.54, 1.807) is 4.90 Å². The van der Waals surface area contributed by atoms with Crippen LogP contribution in [-0.4, -0.2) is 49.5 Å². The maximum Gasteiger partial charge on any atom is 0.335 e. The molecule has 0 saturated carbocycles. The number of likely N-dealkylation sites (tertiary alicyclic amines) is 1. The highest BCUT2D eigenvalue weighted by molar-refractivity contribution is 5.95. The molecule has 150 valence electrons. The third-order valence-electron chi connectivity index (χ3n) is 5.44. The predicted octanol–water partition coefficient (Wildman–Crippen LogP) is 3.73. The van der Waals surface area contributed by atoms with Gasteiger partial charge in [-0.15, -0.1) is 0 Å². The lowest BCUT2D eigenvalue weighted by atomic mass is 9.96. The molecule has 3 aromatic rings. The fourth-order valence-corrected chi connectivity index (χ4v) is 4.11. The highest BCUT2D eigenvalue weighted by Crippen LogP contribution is 2.32. The second kappa shape index (κ2) is 7.66. The molecule has 1 aliphatic rings. The first-order valence-corrected chi connectivity index (χ1v) is 9.91. The van der Waals surface area contributed by atoms with Crippen molar-refractivity contribution >= 4 is 22.9 Å². The Labute approximate surface area is 169 Å². The van der Waals surface area contributed by atoms with Gasteiger partial charge in [-0.2, -0.15) is 0 Å². The Kier molecular flexibility index (Phi) is 5.05. The molecule has 7 heteroatoms. The molecule has 0 radical (unpaired) electrons. The smallest absolute Gasteiger partial charge is 0.335 e. The number of benzene rings is 1. The summed E-state index contributed by atoms with van der Waals surface area (Å²) >= 11 is 0. The van der Waals surface area contributed by atoms with Crippen molar-refractivity contribution in [3.8, 4) is 0 Å². The summed E-state index contributed by atoms with van der Waals surface area (Å²) in [6, 6.07) is 11.1. The van der Waals surface area contributed by atoms with Crippen molar-refractivity contribution in [2.45, 2.75) is 38.6 Å². The summed E-state index contributed by atoms with van der Waals surface area (Å²) < 4.78 is 2.26. The van der Waals surface area contributed by atoms with Crippen LogP contribution in [-0.2, 0) is 0 Å². The van der Waals surface area contributed by atoms with Gasteiger partial charge in [-0.1, -0.05) is 12.1 Å². The van der Waals surface area contributed by atoms with Gasteiger partial charge < -0.3 is 14.6 Å². The molecule has 1 atom stereocenters. The first-order chi connectivity index (χ1) is 14.0. The number of carboxylic acid groups (broad SMARTS) is 1. The lowest BCUT2D eigenvalue weighted by Gasteiger charge is -2.33. The summed E-state index contributed by atoms with van der Waals surface area (Å²) in [5.41, 5.74) is 2.31. The van der Waals surface area contributed by atoms with Crippen LogP contribution >= 0.6 is 0 Å². The molecular formula is C22H24N4O3. The minimum absolute atomic E-state index is 0.0681. The predicted molar refractivity (Wildman–Crippen MR) is 109 cm³/mol. The minimum Gasteiger partial charge on any atom is -0.478 e. The largest absolute Gasteiger partial charge is 0.478 e. The van der Waals surface area contributed by atoms with Crippen LogP contribution in [0.1, 0.15) is 65.3 Å². The molecule has 1 N–H and O–H groups in total. The number of carbonyl (C=O) groups is 2. The van der Waals surface area contributed by atoms with Crippen molar-refractivity contribution in [3.63, 3.8) is 0 Å². The molecule has 1 aliphatic heterocycles. The maximum absolute atomic E-state index is 13.0. The molecule has 3 heterocycles.